The third kappa shape index (κ3) is 3.60. The van der Waals surface area contributed by atoms with Crippen LogP contribution in [0.15, 0.2) is 42.5 Å². The summed E-state index contributed by atoms with van der Waals surface area (Å²) in [7, 11) is 0. The first-order valence-corrected chi connectivity index (χ1v) is 9.50. The van der Waals surface area contributed by atoms with Gasteiger partial charge < -0.3 is 9.47 Å². The molecule has 0 bridgehead atoms. The molecule has 3 atom stereocenters. The van der Waals surface area contributed by atoms with Crippen LogP contribution in [0, 0.1) is 5.92 Å². The average molecular weight is 390 g/mol. The topological polar surface area (TPSA) is 35.5 Å². The van der Waals surface area contributed by atoms with E-state index in [-0.39, 0.29) is 23.9 Å². The van der Waals surface area contributed by atoms with Gasteiger partial charge in [0.1, 0.15) is 11.9 Å². The van der Waals surface area contributed by atoms with E-state index in [0.29, 0.717) is 36.3 Å². The van der Waals surface area contributed by atoms with Gasteiger partial charge in [-0.1, -0.05) is 24.3 Å². The van der Waals surface area contributed by atoms with E-state index in [2.05, 4.69) is 0 Å². The number of alkyl halides is 3. The number of esters is 1. The predicted molar refractivity (Wildman–Crippen MR) is 97.1 cm³/mol. The van der Waals surface area contributed by atoms with Crippen LogP contribution < -0.4 is 4.74 Å². The Morgan fingerprint density at radius 1 is 1.14 bits per heavy atom. The second-order valence-electron chi connectivity index (χ2n) is 7.29. The highest BCUT2D eigenvalue weighted by atomic mass is 19.4. The van der Waals surface area contributed by atoms with Crippen LogP contribution in [0.2, 0.25) is 0 Å². The van der Waals surface area contributed by atoms with E-state index in [0.717, 1.165) is 18.1 Å². The summed E-state index contributed by atoms with van der Waals surface area (Å²) in [6, 6.07) is 11.8. The van der Waals surface area contributed by atoms with Crippen LogP contribution in [0.25, 0.3) is 0 Å². The van der Waals surface area contributed by atoms with E-state index in [1.165, 1.54) is 6.07 Å². The maximum atomic E-state index is 13.2. The van der Waals surface area contributed by atoms with Crippen molar-refractivity contribution in [2.24, 2.45) is 5.92 Å². The van der Waals surface area contributed by atoms with E-state index < -0.39 is 11.7 Å². The first-order chi connectivity index (χ1) is 13.4. The minimum absolute atomic E-state index is 0.0748. The minimum Gasteiger partial charge on any atom is -0.486 e. The molecule has 1 saturated carbocycles. The lowest BCUT2D eigenvalue weighted by Crippen LogP contribution is -2.09. The van der Waals surface area contributed by atoms with Gasteiger partial charge in [0.15, 0.2) is 0 Å². The molecule has 0 aliphatic heterocycles. The Morgan fingerprint density at radius 3 is 2.57 bits per heavy atom. The van der Waals surface area contributed by atoms with Crippen molar-refractivity contribution < 1.29 is 27.4 Å². The zero-order valence-corrected chi connectivity index (χ0v) is 15.5. The third-order valence-corrected chi connectivity index (χ3v) is 5.49. The van der Waals surface area contributed by atoms with Gasteiger partial charge in [0.25, 0.3) is 0 Å². The summed E-state index contributed by atoms with van der Waals surface area (Å²) in [5.74, 6) is 0.562. The first kappa shape index (κ1) is 18.8. The summed E-state index contributed by atoms with van der Waals surface area (Å²) >= 11 is 0. The van der Waals surface area contributed by atoms with E-state index in [1.807, 2.05) is 24.3 Å². The van der Waals surface area contributed by atoms with Crippen molar-refractivity contribution in [2.45, 2.75) is 44.4 Å². The molecule has 0 heterocycles. The van der Waals surface area contributed by atoms with E-state index >= 15 is 0 Å². The Bertz CT molecular complexity index is 874. The predicted octanol–water partition coefficient (Wildman–Crippen LogP) is 5.44. The molecular weight excluding hydrogens is 369 g/mol. The Morgan fingerprint density at radius 2 is 1.89 bits per heavy atom. The summed E-state index contributed by atoms with van der Waals surface area (Å²) in [6.07, 6.45) is -3.05. The van der Waals surface area contributed by atoms with Crippen LogP contribution in [0.4, 0.5) is 13.2 Å². The fourth-order valence-corrected chi connectivity index (χ4v) is 4.04. The highest BCUT2D eigenvalue weighted by Gasteiger charge is 2.45. The molecule has 4 rings (SSSR count). The number of rotatable bonds is 5. The maximum absolute atomic E-state index is 13.2. The SMILES string of the molecule is CCOC(=O)[C@@H]1C[C@H]1c1ccc(O[C@@H]2CCc3c2cccc3C(F)(F)F)cc1. The molecule has 2 aromatic rings. The number of carbonyl (C=O) groups is 1. The van der Waals surface area contributed by atoms with Crippen LogP contribution in [-0.2, 0) is 22.1 Å². The summed E-state index contributed by atoms with van der Waals surface area (Å²) in [6.45, 7) is 2.17. The number of hydrogen-bond acceptors (Lipinski definition) is 3. The Kier molecular flexibility index (Phi) is 4.81. The van der Waals surface area contributed by atoms with Crippen molar-refractivity contribution in [2.75, 3.05) is 6.61 Å². The van der Waals surface area contributed by atoms with Crippen molar-refractivity contribution >= 4 is 5.97 Å². The molecule has 28 heavy (non-hydrogen) atoms. The Balaban J connectivity index is 1.44. The van der Waals surface area contributed by atoms with E-state index in [1.54, 1.807) is 13.0 Å². The van der Waals surface area contributed by atoms with Crippen molar-refractivity contribution in [3.8, 4) is 5.75 Å². The number of ether oxygens (including phenoxy) is 2. The molecule has 1 fully saturated rings. The lowest BCUT2D eigenvalue weighted by Gasteiger charge is -2.17. The number of benzene rings is 2. The molecule has 0 unspecified atom stereocenters. The molecule has 2 aliphatic rings. The van der Waals surface area contributed by atoms with Gasteiger partial charge in [0.05, 0.1) is 18.1 Å². The monoisotopic (exact) mass is 390 g/mol. The quantitative estimate of drug-likeness (QED) is 0.638. The summed E-state index contributed by atoms with van der Waals surface area (Å²) < 4.78 is 50.6. The highest BCUT2D eigenvalue weighted by molar-refractivity contribution is 5.77. The number of fused-ring (bicyclic) bond motifs is 1. The second kappa shape index (κ2) is 7.15. The molecule has 2 aliphatic carbocycles. The molecule has 0 spiro atoms. The fraction of sp³-hybridized carbons (Fsp3) is 0.409. The van der Waals surface area contributed by atoms with Crippen LogP contribution >= 0.6 is 0 Å². The number of hydrogen-bond donors (Lipinski definition) is 0. The lowest BCUT2D eigenvalue weighted by molar-refractivity contribution is -0.144. The lowest BCUT2D eigenvalue weighted by atomic mass is 10.0. The van der Waals surface area contributed by atoms with Gasteiger partial charge in [-0.25, -0.2) is 0 Å². The summed E-state index contributed by atoms with van der Waals surface area (Å²) in [5.41, 5.74) is 1.44. The van der Waals surface area contributed by atoms with Crippen molar-refractivity contribution in [1.29, 1.82) is 0 Å². The van der Waals surface area contributed by atoms with Gasteiger partial charge in [0.2, 0.25) is 0 Å². The largest absolute Gasteiger partial charge is 0.486 e. The molecule has 6 heteroatoms. The third-order valence-electron chi connectivity index (χ3n) is 5.49. The highest BCUT2D eigenvalue weighted by Crippen LogP contribution is 2.48. The molecule has 3 nitrogen and oxygen atoms in total. The van der Waals surface area contributed by atoms with Crippen LogP contribution in [0.1, 0.15) is 54.0 Å². The molecular formula is C22H21F3O3. The molecule has 0 amide bonds. The molecule has 0 aromatic heterocycles. The van der Waals surface area contributed by atoms with Gasteiger partial charge in [-0.2, -0.15) is 13.2 Å². The normalized spacial score (nSPS) is 23.2. The summed E-state index contributed by atoms with van der Waals surface area (Å²) in [4.78, 5) is 11.8. The van der Waals surface area contributed by atoms with Gasteiger partial charge in [-0.05, 0) is 67.0 Å². The van der Waals surface area contributed by atoms with Crippen LogP contribution in [0.5, 0.6) is 5.75 Å². The molecule has 0 saturated heterocycles. The van der Waals surface area contributed by atoms with Crippen molar-refractivity contribution in [3.05, 3.63) is 64.7 Å². The molecule has 2 aromatic carbocycles. The zero-order valence-electron chi connectivity index (χ0n) is 15.5. The smallest absolute Gasteiger partial charge is 0.416 e. The van der Waals surface area contributed by atoms with E-state index in [9.17, 15) is 18.0 Å². The Labute approximate surface area is 161 Å². The zero-order chi connectivity index (χ0) is 19.9. The van der Waals surface area contributed by atoms with Crippen molar-refractivity contribution in [1.82, 2.24) is 0 Å². The fourth-order valence-electron chi connectivity index (χ4n) is 4.04. The van der Waals surface area contributed by atoms with E-state index in [4.69, 9.17) is 9.47 Å². The number of halogens is 3. The van der Waals surface area contributed by atoms with Crippen molar-refractivity contribution in [3.63, 3.8) is 0 Å². The standard InChI is InChI=1S/C22H21F3O3/c1-2-27-21(26)18-12-17(18)13-6-8-14(9-7-13)28-20-11-10-15-16(20)4-3-5-19(15)22(23,24)25/h3-9,17-18,20H,2,10-12H2,1H3/t17-,18+,20+/m0/s1. The average Bonchev–Trinajstić information content (AvgIpc) is 3.37. The second-order valence-corrected chi connectivity index (χ2v) is 7.29. The van der Waals surface area contributed by atoms with Crippen LogP contribution in [0.3, 0.4) is 0 Å². The summed E-state index contributed by atoms with van der Waals surface area (Å²) in [5, 5.41) is 0. The molecule has 0 N–H and O–H groups in total. The molecule has 148 valence electrons. The minimum atomic E-state index is -4.35. The van der Waals surface area contributed by atoms with Gasteiger partial charge >= 0.3 is 12.1 Å². The van der Waals surface area contributed by atoms with Crippen LogP contribution in [-0.4, -0.2) is 12.6 Å². The Hall–Kier alpha value is -2.50. The van der Waals surface area contributed by atoms with Gasteiger partial charge in [0, 0.05) is 0 Å². The van der Waals surface area contributed by atoms with Gasteiger partial charge in [-0.15, -0.1) is 0 Å². The molecule has 0 radical (unpaired) electrons. The van der Waals surface area contributed by atoms with Gasteiger partial charge in [-0.3, -0.25) is 4.79 Å². The number of carbonyl (C=O) groups excluding carboxylic acids is 1. The maximum Gasteiger partial charge on any atom is 0.416 e. The first-order valence-electron chi connectivity index (χ1n) is 9.50.